The number of aromatic hydroxyl groups is 1. The molecule has 1 unspecified atom stereocenters. The number of carbonyl (C=O) groups excluding carboxylic acids is 1. The minimum absolute atomic E-state index is 0.0465. The van der Waals surface area contributed by atoms with E-state index in [0.29, 0.717) is 25.4 Å². The van der Waals surface area contributed by atoms with Crippen molar-refractivity contribution in [3.8, 4) is 5.75 Å². The molecule has 1 heterocycles. The fraction of sp³-hybridized carbons (Fsp3) is 0.562. The van der Waals surface area contributed by atoms with Gasteiger partial charge >= 0.3 is 0 Å². The molecule has 5 nitrogen and oxygen atoms in total. The van der Waals surface area contributed by atoms with Gasteiger partial charge in [0, 0.05) is 32.1 Å². The Morgan fingerprint density at radius 2 is 1.95 bits per heavy atom. The summed E-state index contributed by atoms with van der Waals surface area (Å²) in [5.41, 5.74) is 6.34. The lowest BCUT2D eigenvalue weighted by atomic mass is 10.0. The van der Waals surface area contributed by atoms with Gasteiger partial charge in [-0.3, -0.25) is 4.79 Å². The van der Waals surface area contributed by atoms with Gasteiger partial charge in [-0.2, -0.15) is 0 Å². The molecule has 1 saturated heterocycles. The largest absolute Gasteiger partial charge is 0.506 e. The zero-order valence-corrected chi connectivity index (χ0v) is 12.7. The van der Waals surface area contributed by atoms with Crippen molar-refractivity contribution in [1.29, 1.82) is 0 Å². The lowest BCUT2D eigenvalue weighted by Crippen LogP contribution is -2.50. The van der Waals surface area contributed by atoms with Crippen LogP contribution in [-0.2, 0) is 4.79 Å². The van der Waals surface area contributed by atoms with Gasteiger partial charge < -0.3 is 20.6 Å². The molecule has 1 aliphatic rings. The van der Waals surface area contributed by atoms with E-state index < -0.39 is 0 Å². The van der Waals surface area contributed by atoms with Crippen molar-refractivity contribution < 1.29 is 9.90 Å². The Balaban J connectivity index is 1.88. The monoisotopic (exact) mass is 291 g/mol. The highest BCUT2D eigenvalue weighted by atomic mass is 16.3. The summed E-state index contributed by atoms with van der Waals surface area (Å²) in [5, 5.41) is 9.89. The highest BCUT2D eigenvalue weighted by Crippen LogP contribution is 2.27. The molecule has 2 rings (SSSR count). The fourth-order valence-corrected chi connectivity index (χ4v) is 2.76. The number of hydrogen-bond donors (Lipinski definition) is 2. The Hall–Kier alpha value is -1.75. The molecule has 0 aliphatic carbocycles. The van der Waals surface area contributed by atoms with Crippen LogP contribution in [0, 0.1) is 5.92 Å². The zero-order valence-electron chi connectivity index (χ0n) is 12.7. The fourth-order valence-electron chi connectivity index (χ4n) is 2.76. The van der Waals surface area contributed by atoms with Gasteiger partial charge in [0.05, 0.1) is 5.69 Å². The zero-order chi connectivity index (χ0) is 15.2. The Morgan fingerprint density at radius 3 is 2.57 bits per heavy atom. The SMILES string of the molecule is CC(CCCN)C(=O)N1CCN(c2ccccc2O)CC1. The van der Waals surface area contributed by atoms with Crippen molar-refractivity contribution in [2.75, 3.05) is 37.6 Å². The van der Waals surface area contributed by atoms with Crippen LogP contribution < -0.4 is 10.6 Å². The number of phenolic OH excluding ortho intramolecular Hbond substituents is 1. The Morgan fingerprint density at radius 1 is 1.29 bits per heavy atom. The smallest absolute Gasteiger partial charge is 0.225 e. The Labute approximate surface area is 126 Å². The minimum atomic E-state index is 0.0465. The molecule has 0 radical (unpaired) electrons. The molecule has 0 saturated carbocycles. The molecule has 116 valence electrons. The van der Waals surface area contributed by atoms with Crippen LogP contribution in [0.4, 0.5) is 5.69 Å². The summed E-state index contributed by atoms with van der Waals surface area (Å²) in [4.78, 5) is 16.4. The van der Waals surface area contributed by atoms with Crippen LogP contribution in [0.2, 0.25) is 0 Å². The van der Waals surface area contributed by atoms with Crippen LogP contribution in [-0.4, -0.2) is 48.6 Å². The summed E-state index contributed by atoms with van der Waals surface area (Å²) in [7, 11) is 0. The third-order valence-corrected chi connectivity index (χ3v) is 4.08. The van der Waals surface area contributed by atoms with E-state index in [1.165, 1.54) is 0 Å². The molecule has 3 N–H and O–H groups in total. The number of hydrogen-bond acceptors (Lipinski definition) is 4. The number of nitrogens with zero attached hydrogens (tertiary/aromatic N) is 2. The van der Waals surface area contributed by atoms with Crippen molar-refractivity contribution in [2.45, 2.75) is 19.8 Å². The van der Waals surface area contributed by atoms with Crippen LogP contribution in [0.25, 0.3) is 0 Å². The van der Waals surface area contributed by atoms with Crippen LogP contribution in [0.3, 0.4) is 0 Å². The van der Waals surface area contributed by atoms with Crippen LogP contribution in [0.5, 0.6) is 5.75 Å². The van der Waals surface area contributed by atoms with Crippen molar-refractivity contribution in [1.82, 2.24) is 4.90 Å². The van der Waals surface area contributed by atoms with Crippen LogP contribution in [0.15, 0.2) is 24.3 Å². The number of anilines is 1. The second-order valence-corrected chi connectivity index (χ2v) is 5.63. The molecule has 1 aromatic rings. The maximum atomic E-state index is 12.3. The lowest BCUT2D eigenvalue weighted by molar-refractivity contribution is -0.135. The lowest BCUT2D eigenvalue weighted by Gasteiger charge is -2.37. The van der Waals surface area contributed by atoms with Crippen molar-refractivity contribution in [2.24, 2.45) is 11.7 Å². The van der Waals surface area contributed by atoms with Gasteiger partial charge in [0.1, 0.15) is 5.75 Å². The number of benzene rings is 1. The number of piperazine rings is 1. The summed E-state index contributed by atoms with van der Waals surface area (Å²) in [6, 6.07) is 7.34. The number of para-hydroxylation sites is 2. The van der Waals surface area contributed by atoms with Crippen LogP contribution >= 0.6 is 0 Å². The van der Waals surface area contributed by atoms with E-state index in [1.54, 1.807) is 6.07 Å². The maximum absolute atomic E-state index is 12.3. The molecule has 1 fully saturated rings. The van der Waals surface area contributed by atoms with E-state index in [-0.39, 0.29) is 11.8 Å². The van der Waals surface area contributed by atoms with E-state index in [4.69, 9.17) is 5.73 Å². The topological polar surface area (TPSA) is 69.8 Å². The third kappa shape index (κ3) is 3.88. The van der Waals surface area contributed by atoms with Crippen molar-refractivity contribution in [3.63, 3.8) is 0 Å². The highest BCUT2D eigenvalue weighted by molar-refractivity contribution is 5.78. The molecule has 1 aromatic carbocycles. The van der Waals surface area contributed by atoms with Gasteiger partial charge in [-0.1, -0.05) is 19.1 Å². The molecular weight excluding hydrogens is 266 g/mol. The van der Waals surface area contributed by atoms with Gasteiger partial charge in [0.15, 0.2) is 0 Å². The molecule has 0 bridgehead atoms. The van der Waals surface area contributed by atoms with Crippen LogP contribution in [0.1, 0.15) is 19.8 Å². The molecule has 5 heteroatoms. The predicted octanol–water partition coefficient (Wildman–Crippen LogP) is 1.42. The normalized spacial score (nSPS) is 16.9. The molecule has 1 aliphatic heterocycles. The molecule has 21 heavy (non-hydrogen) atoms. The average Bonchev–Trinajstić information content (AvgIpc) is 2.52. The summed E-state index contributed by atoms with van der Waals surface area (Å²) < 4.78 is 0. The second-order valence-electron chi connectivity index (χ2n) is 5.63. The van der Waals surface area contributed by atoms with E-state index in [9.17, 15) is 9.90 Å². The highest BCUT2D eigenvalue weighted by Gasteiger charge is 2.25. The van der Waals surface area contributed by atoms with Crippen molar-refractivity contribution in [3.05, 3.63) is 24.3 Å². The Kier molecular flexibility index (Phi) is 5.44. The molecule has 0 aromatic heterocycles. The number of amides is 1. The van der Waals surface area contributed by atoms with Gasteiger partial charge in [0.25, 0.3) is 0 Å². The molecule has 1 atom stereocenters. The molecule has 0 spiro atoms. The number of rotatable bonds is 5. The quantitative estimate of drug-likeness (QED) is 0.861. The van der Waals surface area contributed by atoms with Gasteiger partial charge in [0.2, 0.25) is 5.91 Å². The first-order valence-corrected chi connectivity index (χ1v) is 7.65. The second kappa shape index (κ2) is 7.31. The van der Waals surface area contributed by atoms with E-state index in [1.807, 2.05) is 30.0 Å². The van der Waals surface area contributed by atoms with Gasteiger partial charge in [-0.05, 0) is 31.5 Å². The first kappa shape index (κ1) is 15.6. The number of nitrogens with two attached hydrogens (primary N) is 1. The first-order chi connectivity index (χ1) is 10.1. The van der Waals surface area contributed by atoms with E-state index in [2.05, 4.69) is 4.90 Å². The summed E-state index contributed by atoms with van der Waals surface area (Å²) in [6.45, 7) is 5.55. The summed E-state index contributed by atoms with van der Waals surface area (Å²) in [6.07, 6.45) is 1.75. The van der Waals surface area contributed by atoms with Crippen molar-refractivity contribution >= 4 is 11.6 Å². The van der Waals surface area contributed by atoms with E-state index >= 15 is 0 Å². The van der Waals surface area contributed by atoms with Gasteiger partial charge in [-0.15, -0.1) is 0 Å². The number of carbonyl (C=O) groups is 1. The average molecular weight is 291 g/mol. The maximum Gasteiger partial charge on any atom is 0.225 e. The molecular formula is C16H25N3O2. The predicted molar refractivity (Wildman–Crippen MR) is 84.4 cm³/mol. The Bertz CT molecular complexity index is 470. The summed E-state index contributed by atoms with van der Waals surface area (Å²) in [5.74, 6) is 0.569. The molecule has 1 amide bonds. The minimum Gasteiger partial charge on any atom is -0.506 e. The summed E-state index contributed by atoms with van der Waals surface area (Å²) >= 11 is 0. The third-order valence-electron chi connectivity index (χ3n) is 4.08. The number of phenols is 1. The van der Waals surface area contributed by atoms with Gasteiger partial charge in [-0.25, -0.2) is 0 Å². The standard InChI is InChI=1S/C16H25N3O2/c1-13(5-4-8-17)16(21)19-11-9-18(10-12-19)14-6-2-3-7-15(14)20/h2-3,6-7,13,20H,4-5,8-12,17H2,1H3. The van der Waals surface area contributed by atoms with E-state index in [0.717, 1.165) is 31.6 Å². The first-order valence-electron chi connectivity index (χ1n) is 7.65.